The van der Waals surface area contributed by atoms with Crippen LogP contribution in [0.25, 0.3) is 0 Å². The van der Waals surface area contributed by atoms with Gasteiger partial charge in [0.25, 0.3) is 0 Å². The van der Waals surface area contributed by atoms with Crippen LogP contribution in [0.3, 0.4) is 0 Å². The number of anilines is 1. The van der Waals surface area contributed by atoms with Crippen LogP contribution in [0.15, 0.2) is 18.2 Å². The van der Waals surface area contributed by atoms with E-state index in [0.29, 0.717) is 24.3 Å². The zero-order chi connectivity index (χ0) is 12.8. The Morgan fingerprint density at radius 1 is 1.47 bits per heavy atom. The van der Waals surface area contributed by atoms with Gasteiger partial charge in [-0.05, 0) is 31.9 Å². The molecule has 1 aromatic rings. The predicted octanol–water partition coefficient (Wildman–Crippen LogP) is 2.89. The molecule has 1 N–H and O–H groups in total. The summed E-state index contributed by atoms with van der Waals surface area (Å²) in [5.74, 6) is -0.675. The lowest BCUT2D eigenvalue weighted by molar-refractivity contribution is -0.144. The average Bonchev–Trinajstić information content (AvgIpc) is 2.31. The smallest absolute Gasteiger partial charge is 0.328 e. The molecule has 1 atom stereocenters. The molecule has 0 bridgehead atoms. The number of halogens is 1. The molecular formula is C13H18FNO2. The number of hydrogen-bond acceptors (Lipinski definition) is 3. The van der Waals surface area contributed by atoms with Crippen molar-refractivity contribution >= 4 is 11.7 Å². The SMILES string of the molecule is CCOC(=O)C(CC)Nc1cccc(C)c1F. The Bertz CT molecular complexity index is 393. The standard InChI is InChI=1S/C13H18FNO2/c1-4-10(13(16)17-5-2)15-11-8-6-7-9(3)12(11)14/h6-8,10,15H,4-5H2,1-3H3. The second-order valence-corrected chi connectivity index (χ2v) is 3.79. The van der Waals surface area contributed by atoms with E-state index < -0.39 is 6.04 Å². The minimum Gasteiger partial charge on any atom is -0.464 e. The van der Waals surface area contributed by atoms with Crippen LogP contribution in [0.5, 0.6) is 0 Å². The van der Waals surface area contributed by atoms with Crippen molar-refractivity contribution in [2.75, 3.05) is 11.9 Å². The molecule has 0 saturated heterocycles. The molecule has 1 aromatic carbocycles. The Hall–Kier alpha value is -1.58. The maximum atomic E-state index is 13.7. The van der Waals surface area contributed by atoms with Gasteiger partial charge < -0.3 is 10.1 Å². The molecule has 94 valence electrons. The van der Waals surface area contributed by atoms with Crippen LogP contribution in [0.4, 0.5) is 10.1 Å². The molecule has 0 saturated carbocycles. The van der Waals surface area contributed by atoms with Gasteiger partial charge in [0.05, 0.1) is 12.3 Å². The van der Waals surface area contributed by atoms with Gasteiger partial charge in [-0.2, -0.15) is 0 Å². The van der Waals surface area contributed by atoms with Crippen LogP contribution in [-0.2, 0) is 9.53 Å². The maximum Gasteiger partial charge on any atom is 0.328 e. The number of hydrogen-bond donors (Lipinski definition) is 1. The lowest BCUT2D eigenvalue weighted by Gasteiger charge is -2.17. The number of ether oxygens (including phenoxy) is 1. The highest BCUT2D eigenvalue weighted by molar-refractivity contribution is 5.79. The minimum absolute atomic E-state index is 0.324. The lowest BCUT2D eigenvalue weighted by Crippen LogP contribution is -2.31. The van der Waals surface area contributed by atoms with E-state index in [1.54, 1.807) is 32.0 Å². The van der Waals surface area contributed by atoms with E-state index in [1.807, 2.05) is 6.92 Å². The van der Waals surface area contributed by atoms with Gasteiger partial charge in [-0.3, -0.25) is 0 Å². The Morgan fingerprint density at radius 3 is 2.76 bits per heavy atom. The number of carbonyl (C=O) groups excluding carboxylic acids is 1. The van der Waals surface area contributed by atoms with Gasteiger partial charge in [-0.25, -0.2) is 9.18 Å². The molecule has 0 spiro atoms. The first-order valence-corrected chi connectivity index (χ1v) is 5.78. The van der Waals surface area contributed by atoms with Gasteiger partial charge in [0.15, 0.2) is 0 Å². The third-order valence-electron chi connectivity index (χ3n) is 2.50. The van der Waals surface area contributed by atoms with Crippen LogP contribution >= 0.6 is 0 Å². The van der Waals surface area contributed by atoms with E-state index in [0.717, 1.165) is 0 Å². The van der Waals surface area contributed by atoms with Crippen molar-refractivity contribution in [1.82, 2.24) is 0 Å². The molecule has 0 fully saturated rings. The van der Waals surface area contributed by atoms with E-state index in [1.165, 1.54) is 0 Å². The summed E-state index contributed by atoms with van der Waals surface area (Å²) in [4.78, 5) is 11.6. The van der Waals surface area contributed by atoms with Crippen molar-refractivity contribution in [3.63, 3.8) is 0 Å². The first-order chi connectivity index (χ1) is 8.10. The Labute approximate surface area is 101 Å². The molecule has 17 heavy (non-hydrogen) atoms. The number of benzene rings is 1. The highest BCUT2D eigenvalue weighted by Gasteiger charge is 2.18. The van der Waals surface area contributed by atoms with Crippen molar-refractivity contribution < 1.29 is 13.9 Å². The number of esters is 1. The zero-order valence-corrected chi connectivity index (χ0v) is 10.4. The normalized spacial score (nSPS) is 12.0. The molecule has 0 amide bonds. The second kappa shape index (κ2) is 6.23. The predicted molar refractivity (Wildman–Crippen MR) is 65.5 cm³/mol. The number of nitrogens with one attached hydrogen (secondary N) is 1. The highest BCUT2D eigenvalue weighted by Crippen LogP contribution is 2.18. The van der Waals surface area contributed by atoms with Crippen LogP contribution in [0.1, 0.15) is 25.8 Å². The van der Waals surface area contributed by atoms with Gasteiger partial charge in [0, 0.05) is 0 Å². The Balaban J connectivity index is 2.80. The molecule has 0 radical (unpaired) electrons. The van der Waals surface area contributed by atoms with Crippen molar-refractivity contribution in [2.45, 2.75) is 33.2 Å². The lowest BCUT2D eigenvalue weighted by atomic mass is 10.1. The van der Waals surface area contributed by atoms with Gasteiger partial charge in [-0.15, -0.1) is 0 Å². The zero-order valence-electron chi connectivity index (χ0n) is 10.4. The van der Waals surface area contributed by atoms with Crippen molar-refractivity contribution in [1.29, 1.82) is 0 Å². The van der Waals surface area contributed by atoms with Crippen LogP contribution in [-0.4, -0.2) is 18.6 Å². The number of carbonyl (C=O) groups is 1. The van der Waals surface area contributed by atoms with Crippen molar-refractivity contribution in [3.05, 3.63) is 29.6 Å². The molecule has 0 aliphatic heterocycles. The van der Waals surface area contributed by atoms with E-state index in [-0.39, 0.29) is 11.8 Å². The molecular weight excluding hydrogens is 221 g/mol. The fraction of sp³-hybridized carbons (Fsp3) is 0.462. The fourth-order valence-corrected chi connectivity index (χ4v) is 1.52. The summed E-state index contributed by atoms with van der Waals surface area (Å²) in [7, 11) is 0. The fourth-order valence-electron chi connectivity index (χ4n) is 1.52. The summed E-state index contributed by atoms with van der Waals surface area (Å²) in [6.07, 6.45) is 0.548. The Morgan fingerprint density at radius 2 is 2.18 bits per heavy atom. The van der Waals surface area contributed by atoms with Crippen molar-refractivity contribution in [3.8, 4) is 0 Å². The summed E-state index contributed by atoms with van der Waals surface area (Å²) >= 11 is 0. The van der Waals surface area contributed by atoms with Gasteiger partial charge in [0.1, 0.15) is 11.9 Å². The molecule has 0 heterocycles. The van der Waals surface area contributed by atoms with Crippen molar-refractivity contribution in [2.24, 2.45) is 0 Å². The number of aryl methyl sites for hydroxylation is 1. The Kier molecular flexibility index (Phi) is 4.94. The van der Waals surface area contributed by atoms with Gasteiger partial charge in [-0.1, -0.05) is 19.1 Å². The largest absolute Gasteiger partial charge is 0.464 e. The molecule has 0 aliphatic carbocycles. The first-order valence-electron chi connectivity index (χ1n) is 5.78. The second-order valence-electron chi connectivity index (χ2n) is 3.79. The van der Waals surface area contributed by atoms with E-state index >= 15 is 0 Å². The minimum atomic E-state index is -0.508. The highest BCUT2D eigenvalue weighted by atomic mass is 19.1. The van der Waals surface area contributed by atoms with Crippen LogP contribution < -0.4 is 5.32 Å². The summed E-state index contributed by atoms with van der Waals surface area (Å²) in [5.41, 5.74) is 0.888. The summed E-state index contributed by atoms with van der Waals surface area (Å²) in [5, 5.41) is 2.87. The molecule has 0 aromatic heterocycles. The third kappa shape index (κ3) is 3.44. The van der Waals surface area contributed by atoms with Crippen LogP contribution in [0.2, 0.25) is 0 Å². The maximum absolute atomic E-state index is 13.7. The average molecular weight is 239 g/mol. The molecule has 3 nitrogen and oxygen atoms in total. The molecule has 0 aliphatic rings. The first kappa shape index (κ1) is 13.5. The van der Waals surface area contributed by atoms with E-state index in [2.05, 4.69) is 5.32 Å². The summed E-state index contributed by atoms with van der Waals surface area (Å²) in [6.45, 7) is 5.61. The van der Waals surface area contributed by atoms with E-state index in [4.69, 9.17) is 4.74 Å². The summed E-state index contributed by atoms with van der Waals surface area (Å²) in [6, 6.07) is 4.54. The van der Waals surface area contributed by atoms with Gasteiger partial charge in [0.2, 0.25) is 0 Å². The third-order valence-corrected chi connectivity index (χ3v) is 2.50. The van der Waals surface area contributed by atoms with E-state index in [9.17, 15) is 9.18 Å². The van der Waals surface area contributed by atoms with Crippen LogP contribution in [0, 0.1) is 12.7 Å². The molecule has 4 heteroatoms. The number of rotatable bonds is 5. The monoisotopic (exact) mass is 239 g/mol. The molecule has 1 rings (SSSR count). The topological polar surface area (TPSA) is 38.3 Å². The quantitative estimate of drug-likeness (QED) is 0.803. The molecule has 1 unspecified atom stereocenters. The summed E-state index contributed by atoms with van der Waals surface area (Å²) < 4.78 is 18.6. The van der Waals surface area contributed by atoms with Gasteiger partial charge >= 0.3 is 5.97 Å².